The van der Waals surface area contributed by atoms with Gasteiger partial charge in [-0.1, -0.05) is 0 Å². The van der Waals surface area contributed by atoms with E-state index < -0.39 is 5.97 Å². The number of carboxylic acid groups (broad SMARTS) is 1. The maximum absolute atomic E-state index is 10.8. The fourth-order valence-electron chi connectivity index (χ4n) is 2.24. The lowest BCUT2D eigenvalue weighted by molar-refractivity contribution is 0.0697. The molecule has 0 atom stereocenters. The van der Waals surface area contributed by atoms with Crippen molar-refractivity contribution >= 4 is 11.7 Å². The Balaban J connectivity index is 1.76. The lowest BCUT2D eigenvalue weighted by Crippen LogP contribution is -1.98. The molecule has 2 heterocycles. The molecule has 3 aromatic rings. The van der Waals surface area contributed by atoms with Crippen molar-refractivity contribution < 1.29 is 14.6 Å². The molecule has 6 heteroatoms. The minimum Gasteiger partial charge on any atom is -0.487 e. The van der Waals surface area contributed by atoms with E-state index in [-0.39, 0.29) is 5.56 Å². The smallest absolute Gasteiger partial charge is 0.335 e. The molecule has 0 aliphatic heterocycles. The highest BCUT2D eigenvalue weighted by Crippen LogP contribution is 2.15. The number of imidazole rings is 1. The zero-order valence-electron chi connectivity index (χ0n) is 12.3. The van der Waals surface area contributed by atoms with Gasteiger partial charge in [-0.15, -0.1) is 0 Å². The normalized spacial score (nSPS) is 10.8. The Labute approximate surface area is 127 Å². The SMILES string of the molecule is Cc1cc(C)n2cc(COc3ccc(C(=O)O)cc3)nc2n1. The van der Waals surface area contributed by atoms with Gasteiger partial charge in [0.15, 0.2) is 0 Å². The van der Waals surface area contributed by atoms with Crippen LogP contribution in [0.4, 0.5) is 0 Å². The Morgan fingerprint density at radius 2 is 1.95 bits per heavy atom. The van der Waals surface area contributed by atoms with E-state index in [0.29, 0.717) is 18.1 Å². The maximum Gasteiger partial charge on any atom is 0.335 e. The van der Waals surface area contributed by atoms with Gasteiger partial charge in [0.2, 0.25) is 5.78 Å². The van der Waals surface area contributed by atoms with Gasteiger partial charge in [0.1, 0.15) is 12.4 Å². The number of fused-ring (bicyclic) bond motifs is 1. The summed E-state index contributed by atoms with van der Waals surface area (Å²) < 4.78 is 7.55. The van der Waals surface area contributed by atoms with E-state index in [9.17, 15) is 4.79 Å². The third-order valence-corrected chi connectivity index (χ3v) is 3.30. The number of nitrogens with zero attached hydrogens (tertiary/aromatic N) is 3. The molecule has 1 aromatic carbocycles. The first kappa shape index (κ1) is 14.1. The molecule has 0 unspecified atom stereocenters. The number of aromatic nitrogens is 3. The first-order chi connectivity index (χ1) is 10.5. The zero-order chi connectivity index (χ0) is 15.7. The minimum absolute atomic E-state index is 0.232. The lowest BCUT2D eigenvalue weighted by Gasteiger charge is -2.04. The third-order valence-electron chi connectivity index (χ3n) is 3.30. The van der Waals surface area contributed by atoms with E-state index >= 15 is 0 Å². The lowest BCUT2D eigenvalue weighted by atomic mass is 10.2. The number of carboxylic acids is 1. The van der Waals surface area contributed by atoms with Crippen molar-refractivity contribution in [1.29, 1.82) is 0 Å². The highest BCUT2D eigenvalue weighted by Gasteiger charge is 2.07. The molecule has 22 heavy (non-hydrogen) atoms. The van der Waals surface area contributed by atoms with Gasteiger partial charge in [-0.3, -0.25) is 4.40 Å². The van der Waals surface area contributed by atoms with Crippen molar-refractivity contribution in [3.63, 3.8) is 0 Å². The Morgan fingerprint density at radius 1 is 1.23 bits per heavy atom. The summed E-state index contributed by atoms with van der Waals surface area (Å²) in [6.45, 7) is 4.23. The maximum atomic E-state index is 10.8. The molecule has 0 bridgehead atoms. The highest BCUT2D eigenvalue weighted by molar-refractivity contribution is 5.87. The molecule has 0 amide bonds. The number of benzene rings is 1. The molecule has 3 rings (SSSR count). The van der Waals surface area contributed by atoms with Crippen LogP contribution >= 0.6 is 0 Å². The van der Waals surface area contributed by atoms with Gasteiger partial charge in [-0.25, -0.2) is 14.8 Å². The molecule has 0 radical (unpaired) electrons. The molecule has 0 aliphatic carbocycles. The van der Waals surface area contributed by atoms with Crippen LogP contribution in [-0.2, 0) is 6.61 Å². The average Bonchev–Trinajstić information content (AvgIpc) is 2.89. The van der Waals surface area contributed by atoms with Gasteiger partial charge in [0.25, 0.3) is 0 Å². The number of hydrogen-bond donors (Lipinski definition) is 1. The summed E-state index contributed by atoms with van der Waals surface area (Å²) in [5.41, 5.74) is 2.98. The topological polar surface area (TPSA) is 76.7 Å². The van der Waals surface area contributed by atoms with Crippen LogP contribution in [0.2, 0.25) is 0 Å². The Morgan fingerprint density at radius 3 is 2.64 bits per heavy atom. The van der Waals surface area contributed by atoms with Gasteiger partial charge in [-0.05, 0) is 44.2 Å². The molecular formula is C16H15N3O3. The van der Waals surface area contributed by atoms with E-state index in [4.69, 9.17) is 9.84 Å². The monoisotopic (exact) mass is 297 g/mol. The van der Waals surface area contributed by atoms with Crippen LogP contribution in [0, 0.1) is 13.8 Å². The van der Waals surface area contributed by atoms with Crippen LogP contribution in [0.15, 0.2) is 36.5 Å². The summed E-state index contributed by atoms with van der Waals surface area (Å²) in [6.07, 6.45) is 1.89. The van der Waals surface area contributed by atoms with E-state index in [1.54, 1.807) is 12.1 Å². The fraction of sp³-hybridized carbons (Fsp3) is 0.188. The van der Waals surface area contributed by atoms with E-state index in [1.165, 1.54) is 12.1 Å². The van der Waals surface area contributed by atoms with Crippen LogP contribution in [0.3, 0.4) is 0 Å². The van der Waals surface area contributed by atoms with Crippen LogP contribution in [0.5, 0.6) is 5.75 Å². The first-order valence-corrected chi connectivity index (χ1v) is 6.81. The van der Waals surface area contributed by atoms with Crippen molar-refractivity contribution in [2.75, 3.05) is 0 Å². The fourth-order valence-corrected chi connectivity index (χ4v) is 2.24. The number of aromatic carboxylic acids is 1. The second-order valence-corrected chi connectivity index (χ2v) is 5.06. The molecule has 0 saturated carbocycles. The summed E-state index contributed by atoms with van der Waals surface area (Å²) in [5, 5.41) is 8.85. The molecule has 2 aromatic heterocycles. The minimum atomic E-state index is -0.955. The predicted molar refractivity (Wildman–Crippen MR) is 80.2 cm³/mol. The van der Waals surface area contributed by atoms with Crippen molar-refractivity contribution in [2.45, 2.75) is 20.5 Å². The first-order valence-electron chi connectivity index (χ1n) is 6.81. The summed E-state index contributed by atoms with van der Waals surface area (Å²) >= 11 is 0. The number of carbonyl (C=O) groups is 1. The number of aryl methyl sites for hydroxylation is 2. The zero-order valence-corrected chi connectivity index (χ0v) is 12.3. The summed E-state index contributed by atoms with van der Waals surface area (Å²) in [6, 6.07) is 8.27. The van der Waals surface area contributed by atoms with Gasteiger partial charge in [0, 0.05) is 17.6 Å². The number of rotatable bonds is 4. The molecule has 0 aliphatic rings. The second-order valence-electron chi connectivity index (χ2n) is 5.06. The largest absolute Gasteiger partial charge is 0.487 e. The summed E-state index contributed by atoms with van der Waals surface area (Å²) in [5.74, 6) is 0.295. The summed E-state index contributed by atoms with van der Waals surface area (Å²) in [7, 11) is 0. The number of hydrogen-bond acceptors (Lipinski definition) is 4. The molecule has 0 spiro atoms. The molecule has 0 saturated heterocycles. The molecule has 112 valence electrons. The van der Waals surface area contributed by atoms with Gasteiger partial charge >= 0.3 is 5.97 Å². The van der Waals surface area contributed by atoms with Gasteiger partial charge in [-0.2, -0.15) is 0 Å². The average molecular weight is 297 g/mol. The van der Waals surface area contributed by atoms with Crippen LogP contribution in [0.25, 0.3) is 5.78 Å². The van der Waals surface area contributed by atoms with Crippen LogP contribution < -0.4 is 4.74 Å². The van der Waals surface area contributed by atoms with Crippen LogP contribution in [0.1, 0.15) is 27.4 Å². The quantitative estimate of drug-likeness (QED) is 0.801. The van der Waals surface area contributed by atoms with E-state index in [2.05, 4.69) is 9.97 Å². The van der Waals surface area contributed by atoms with E-state index in [0.717, 1.165) is 17.1 Å². The predicted octanol–water partition coefficient (Wildman–Crippen LogP) is 2.62. The Bertz CT molecular complexity index is 838. The van der Waals surface area contributed by atoms with Crippen LogP contribution in [-0.4, -0.2) is 25.4 Å². The van der Waals surface area contributed by atoms with Gasteiger partial charge in [0.05, 0.1) is 11.3 Å². The number of ether oxygens (including phenoxy) is 1. The van der Waals surface area contributed by atoms with Crippen molar-refractivity contribution in [3.8, 4) is 5.75 Å². The van der Waals surface area contributed by atoms with E-state index in [1.807, 2.05) is 30.5 Å². The third kappa shape index (κ3) is 2.76. The molecule has 1 N–H and O–H groups in total. The highest BCUT2D eigenvalue weighted by atomic mass is 16.5. The molecular weight excluding hydrogens is 282 g/mol. The molecule has 6 nitrogen and oxygen atoms in total. The Kier molecular flexibility index (Phi) is 3.50. The standard InChI is InChI=1S/C16H15N3O3/c1-10-7-11(2)19-8-13(18-16(19)17-10)9-22-14-5-3-12(4-6-14)15(20)21/h3-8H,9H2,1-2H3,(H,20,21). The Hall–Kier alpha value is -2.89. The van der Waals surface area contributed by atoms with Crippen molar-refractivity contribution in [2.24, 2.45) is 0 Å². The second kappa shape index (κ2) is 5.48. The van der Waals surface area contributed by atoms with Crippen molar-refractivity contribution in [3.05, 3.63) is 59.2 Å². The summed E-state index contributed by atoms with van der Waals surface area (Å²) in [4.78, 5) is 19.6. The van der Waals surface area contributed by atoms with Crippen molar-refractivity contribution in [1.82, 2.24) is 14.4 Å². The van der Waals surface area contributed by atoms with Gasteiger partial charge < -0.3 is 9.84 Å². The molecule has 0 fully saturated rings.